The summed E-state index contributed by atoms with van der Waals surface area (Å²) in [6, 6.07) is 9.41. The number of thiophene rings is 1. The molecule has 0 aliphatic carbocycles. The maximum Gasteiger partial charge on any atom is 0.344 e. The van der Waals surface area contributed by atoms with Crippen molar-refractivity contribution >= 4 is 52.4 Å². The highest BCUT2D eigenvalue weighted by Gasteiger charge is 2.50. The van der Waals surface area contributed by atoms with Crippen LogP contribution in [0.3, 0.4) is 0 Å². The number of halogens is 2. The van der Waals surface area contributed by atoms with Crippen LogP contribution in [0.5, 0.6) is 0 Å². The molecule has 1 atom stereocenters. The van der Waals surface area contributed by atoms with Crippen LogP contribution in [0.2, 0.25) is 8.67 Å². The van der Waals surface area contributed by atoms with Crippen molar-refractivity contribution < 1.29 is 14.4 Å². The van der Waals surface area contributed by atoms with Crippen LogP contribution in [0.15, 0.2) is 36.4 Å². The normalized spacial score (nSPS) is 20.2. The molecular weight excluding hydrogens is 373 g/mol. The molecule has 1 aromatic carbocycles. The van der Waals surface area contributed by atoms with Crippen LogP contribution in [0.25, 0.3) is 0 Å². The average Bonchev–Trinajstić information content (AvgIpc) is 3.00. The maximum absolute atomic E-state index is 12.7. The van der Waals surface area contributed by atoms with Crippen LogP contribution in [0.1, 0.15) is 22.8 Å². The van der Waals surface area contributed by atoms with Gasteiger partial charge in [-0.15, -0.1) is 11.3 Å². The molecule has 0 spiro atoms. The molecule has 1 aromatic heterocycles. The highest BCUT2D eigenvalue weighted by Crippen LogP contribution is 2.32. The molecule has 4 amide bonds. The smallest absolute Gasteiger partial charge is 0.318 e. The van der Waals surface area contributed by atoms with E-state index in [1.165, 1.54) is 6.07 Å². The third kappa shape index (κ3) is 2.75. The molecule has 3 rings (SSSR count). The number of rotatable bonds is 3. The summed E-state index contributed by atoms with van der Waals surface area (Å²) in [5, 5.41) is 3.24. The molecular formula is C15H11Cl2N3O3S. The summed E-state index contributed by atoms with van der Waals surface area (Å²) in [6.07, 6.45) is 0. The van der Waals surface area contributed by atoms with Crippen LogP contribution >= 0.6 is 34.5 Å². The van der Waals surface area contributed by atoms with Crippen molar-refractivity contribution in [3.05, 3.63) is 56.2 Å². The second-order valence-electron chi connectivity index (χ2n) is 5.24. The number of nitrogens with one attached hydrogen (secondary N) is 2. The van der Waals surface area contributed by atoms with Gasteiger partial charge in [0.1, 0.15) is 9.88 Å². The summed E-state index contributed by atoms with van der Waals surface area (Å²) in [5.74, 6) is -1.28. The van der Waals surface area contributed by atoms with Crippen LogP contribution in [0.4, 0.5) is 4.79 Å². The summed E-state index contributed by atoms with van der Waals surface area (Å²) >= 11 is 12.7. The van der Waals surface area contributed by atoms with Gasteiger partial charge in [-0.3, -0.25) is 15.0 Å². The van der Waals surface area contributed by atoms with Gasteiger partial charge in [-0.1, -0.05) is 53.5 Å². The first kappa shape index (κ1) is 16.8. The Labute approximate surface area is 151 Å². The Morgan fingerprint density at radius 1 is 1.25 bits per heavy atom. The number of carbonyl (C=O) groups excluding carboxylic acids is 3. The molecule has 9 heteroatoms. The molecule has 1 saturated heterocycles. The number of benzene rings is 1. The number of nitrogens with zero attached hydrogens (tertiary/aromatic N) is 1. The topological polar surface area (TPSA) is 78.5 Å². The highest BCUT2D eigenvalue weighted by molar-refractivity contribution is 7.20. The van der Waals surface area contributed by atoms with Gasteiger partial charge >= 0.3 is 6.03 Å². The van der Waals surface area contributed by atoms with Gasteiger partial charge in [0.15, 0.2) is 0 Å². The third-order valence-corrected chi connectivity index (χ3v) is 5.14. The van der Waals surface area contributed by atoms with E-state index in [1.807, 2.05) is 0 Å². The Bertz CT molecular complexity index is 840. The largest absolute Gasteiger partial charge is 0.344 e. The van der Waals surface area contributed by atoms with Gasteiger partial charge in [0.05, 0.1) is 9.90 Å². The molecule has 0 bridgehead atoms. The predicted octanol–water partition coefficient (Wildman–Crippen LogP) is 3.17. The average molecular weight is 384 g/mol. The fourth-order valence-electron chi connectivity index (χ4n) is 2.36. The Balaban J connectivity index is 1.85. The SMILES string of the molecule is CC1(c2ccccc2)NC(=O)N(NC(=O)c2cc(Cl)sc2Cl)C1=O. The number of urea groups is 1. The van der Waals surface area contributed by atoms with Crippen LogP contribution in [-0.2, 0) is 10.3 Å². The van der Waals surface area contributed by atoms with E-state index in [2.05, 4.69) is 10.7 Å². The van der Waals surface area contributed by atoms with E-state index in [1.54, 1.807) is 37.3 Å². The lowest BCUT2D eigenvalue weighted by Gasteiger charge is -2.22. The van der Waals surface area contributed by atoms with Crippen molar-refractivity contribution in [3.63, 3.8) is 0 Å². The molecule has 24 heavy (non-hydrogen) atoms. The summed E-state index contributed by atoms with van der Waals surface area (Å²) < 4.78 is 0.506. The van der Waals surface area contributed by atoms with E-state index in [9.17, 15) is 14.4 Å². The number of hydrogen-bond acceptors (Lipinski definition) is 4. The Hall–Kier alpha value is -2.09. The minimum Gasteiger partial charge on any atom is -0.318 e. The third-order valence-electron chi connectivity index (χ3n) is 3.66. The lowest BCUT2D eigenvalue weighted by Crippen LogP contribution is -2.47. The van der Waals surface area contributed by atoms with Gasteiger partial charge in [0, 0.05) is 0 Å². The minimum absolute atomic E-state index is 0.0978. The molecule has 2 heterocycles. The first-order chi connectivity index (χ1) is 11.3. The van der Waals surface area contributed by atoms with Gasteiger partial charge in [-0.05, 0) is 18.6 Å². The molecule has 0 saturated carbocycles. The number of hydrazine groups is 1. The second-order valence-corrected chi connectivity index (χ2v) is 7.53. The van der Waals surface area contributed by atoms with Crippen LogP contribution < -0.4 is 10.7 Å². The second kappa shape index (κ2) is 6.08. The van der Waals surface area contributed by atoms with Crippen LogP contribution in [0, 0.1) is 0 Å². The van der Waals surface area contributed by atoms with E-state index in [-0.39, 0.29) is 9.90 Å². The Morgan fingerprint density at radius 2 is 1.92 bits per heavy atom. The maximum atomic E-state index is 12.7. The number of imide groups is 1. The summed E-state index contributed by atoms with van der Waals surface area (Å²) in [4.78, 5) is 37.1. The fraction of sp³-hybridized carbons (Fsp3) is 0.133. The predicted molar refractivity (Wildman–Crippen MR) is 91.0 cm³/mol. The van der Waals surface area contributed by atoms with E-state index in [4.69, 9.17) is 23.2 Å². The molecule has 0 radical (unpaired) electrons. The molecule has 1 aliphatic heterocycles. The zero-order chi connectivity index (χ0) is 17.5. The highest BCUT2D eigenvalue weighted by atomic mass is 35.5. The molecule has 2 aromatic rings. The molecule has 2 N–H and O–H groups in total. The fourth-order valence-corrected chi connectivity index (χ4v) is 3.82. The Kier molecular flexibility index (Phi) is 4.25. The van der Waals surface area contributed by atoms with Crippen molar-refractivity contribution in [1.82, 2.24) is 15.8 Å². The minimum atomic E-state index is -1.26. The molecule has 6 nitrogen and oxygen atoms in total. The van der Waals surface area contributed by atoms with E-state index < -0.39 is 23.4 Å². The van der Waals surface area contributed by atoms with E-state index >= 15 is 0 Å². The molecule has 124 valence electrons. The van der Waals surface area contributed by atoms with Crippen molar-refractivity contribution in [2.24, 2.45) is 0 Å². The first-order valence-electron chi connectivity index (χ1n) is 6.81. The van der Waals surface area contributed by atoms with Crippen molar-refractivity contribution in [1.29, 1.82) is 0 Å². The zero-order valence-electron chi connectivity index (χ0n) is 12.3. The van der Waals surface area contributed by atoms with Gasteiger partial charge in [-0.25, -0.2) is 4.79 Å². The molecule has 1 unspecified atom stereocenters. The summed E-state index contributed by atoms with van der Waals surface area (Å²) in [5.41, 5.74) is 1.71. The molecule has 1 fully saturated rings. The monoisotopic (exact) mass is 383 g/mol. The lowest BCUT2D eigenvalue weighted by molar-refractivity contribution is -0.132. The van der Waals surface area contributed by atoms with E-state index in [0.29, 0.717) is 14.9 Å². The Morgan fingerprint density at radius 3 is 2.50 bits per heavy atom. The van der Waals surface area contributed by atoms with Gasteiger partial charge < -0.3 is 5.32 Å². The van der Waals surface area contributed by atoms with Gasteiger partial charge in [0.2, 0.25) is 0 Å². The first-order valence-corrected chi connectivity index (χ1v) is 8.38. The quantitative estimate of drug-likeness (QED) is 0.798. The molecule has 1 aliphatic rings. The number of hydrogen-bond donors (Lipinski definition) is 2. The van der Waals surface area contributed by atoms with Crippen LogP contribution in [-0.4, -0.2) is 22.9 Å². The zero-order valence-corrected chi connectivity index (χ0v) is 14.6. The van der Waals surface area contributed by atoms with E-state index in [0.717, 1.165) is 11.3 Å². The van der Waals surface area contributed by atoms with Crippen molar-refractivity contribution in [2.75, 3.05) is 0 Å². The standard InChI is InChI=1S/C15H11Cl2N3O3S/c1-15(8-5-3-2-4-6-8)13(22)20(14(23)18-15)19-12(21)9-7-10(16)24-11(9)17/h2-7H,1H3,(H,18,23)(H,19,21). The summed E-state index contributed by atoms with van der Waals surface area (Å²) in [6.45, 7) is 1.57. The van der Waals surface area contributed by atoms with Gasteiger partial charge in [-0.2, -0.15) is 5.01 Å². The van der Waals surface area contributed by atoms with Crippen molar-refractivity contribution in [2.45, 2.75) is 12.5 Å². The number of carbonyl (C=O) groups is 3. The summed E-state index contributed by atoms with van der Waals surface area (Å²) in [7, 11) is 0. The lowest BCUT2D eigenvalue weighted by atomic mass is 9.92. The number of amides is 4. The van der Waals surface area contributed by atoms with Crippen molar-refractivity contribution in [3.8, 4) is 0 Å². The van der Waals surface area contributed by atoms with Gasteiger partial charge in [0.25, 0.3) is 11.8 Å².